The van der Waals surface area contributed by atoms with Crippen LogP contribution >= 0.6 is 0 Å². The first-order valence-electron chi connectivity index (χ1n) is 7.94. The Hall–Kier alpha value is -2.04. The zero-order valence-corrected chi connectivity index (χ0v) is 13.9. The molecule has 2 atom stereocenters. The molecule has 0 radical (unpaired) electrons. The Morgan fingerprint density at radius 3 is 2.14 bits per heavy atom. The molecule has 0 bridgehead atoms. The first-order chi connectivity index (χ1) is 10.5. The second-order valence-corrected chi connectivity index (χ2v) is 5.28. The minimum absolute atomic E-state index is 0.0694. The van der Waals surface area contributed by atoms with Crippen LogP contribution in [0.4, 0.5) is 4.79 Å². The lowest BCUT2D eigenvalue weighted by Gasteiger charge is -2.26. The van der Waals surface area contributed by atoms with Crippen LogP contribution in [0.1, 0.15) is 45.7 Å². The molecule has 1 aromatic carbocycles. The molecule has 5 heteroatoms. The van der Waals surface area contributed by atoms with E-state index in [1.165, 1.54) is 0 Å². The zero-order valence-electron chi connectivity index (χ0n) is 13.9. The fourth-order valence-corrected chi connectivity index (χ4v) is 2.15. The zero-order chi connectivity index (χ0) is 16.5. The Labute approximate surface area is 133 Å². The monoisotopic (exact) mass is 305 g/mol. The number of carbonyl (C=O) groups excluding carboxylic acids is 2. The summed E-state index contributed by atoms with van der Waals surface area (Å²) < 4.78 is 0. The molecule has 2 unspecified atom stereocenters. The second-order valence-electron chi connectivity index (χ2n) is 5.28. The maximum atomic E-state index is 12.7. The number of hydrogen-bond donors (Lipinski definition) is 2. The van der Waals surface area contributed by atoms with E-state index in [-0.39, 0.29) is 18.0 Å². The lowest BCUT2D eigenvalue weighted by molar-refractivity contribution is -0.133. The number of amides is 3. The summed E-state index contributed by atoms with van der Waals surface area (Å²) in [6, 6.07) is 8.43. The van der Waals surface area contributed by atoms with Gasteiger partial charge >= 0.3 is 6.03 Å². The summed E-state index contributed by atoms with van der Waals surface area (Å²) >= 11 is 0. The number of rotatable bonds is 7. The van der Waals surface area contributed by atoms with Crippen LogP contribution < -0.4 is 10.6 Å². The standard InChI is InChI=1S/C17H27N3O2/c1-5-13(4)18-17(22)19-15(14-11-9-8-10-12-14)16(21)20(6-2)7-3/h8-13,15H,5-7H2,1-4H3,(H2,18,19,22). The van der Waals surface area contributed by atoms with Crippen LogP contribution in [0.2, 0.25) is 0 Å². The molecule has 0 aliphatic rings. The third-order valence-electron chi connectivity index (χ3n) is 3.72. The van der Waals surface area contributed by atoms with Gasteiger partial charge in [-0.2, -0.15) is 0 Å². The van der Waals surface area contributed by atoms with Gasteiger partial charge in [-0.25, -0.2) is 4.79 Å². The summed E-state index contributed by atoms with van der Waals surface area (Å²) in [6.45, 7) is 9.04. The summed E-state index contributed by atoms with van der Waals surface area (Å²) in [5.74, 6) is -0.0875. The smallest absolute Gasteiger partial charge is 0.315 e. The predicted octanol–water partition coefficient (Wildman–Crippen LogP) is 2.69. The molecule has 1 rings (SSSR count). The molecule has 0 saturated carbocycles. The lowest BCUT2D eigenvalue weighted by Crippen LogP contribution is -2.47. The Balaban J connectivity index is 2.92. The molecule has 0 aromatic heterocycles. The Bertz CT molecular complexity index is 472. The molecule has 22 heavy (non-hydrogen) atoms. The third-order valence-corrected chi connectivity index (χ3v) is 3.72. The maximum absolute atomic E-state index is 12.7. The number of nitrogens with one attached hydrogen (secondary N) is 2. The van der Waals surface area contributed by atoms with Crippen molar-refractivity contribution < 1.29 is 9.59 Å². The highest BCUT2D eigenvalue weighted by molar-refractivity contribution is 5.88. The molecular weight excluding hydrogens is 278 g/mol. The van der Waals surface area contributed by atoms with E-state index in [9.17, 15) is 9.59 Å². The van der Waals surface area contributed by atoms with Crippen LogP contribution in [0.3, 0.4) is 0 Å². The van der Waals surface area contributed by atoms with E-state index in [1.54, 1.807) is 4.90 Å². The summed E-state index contributed by atoms with van der Waals surface area (Å²) in [5.41, 5.74) is 0.790. The van der Waals surface area contributed by atoms with Crippen LogP contribution in [0.5, 0.6) is 0 Å². The minimum atomic E-state index is -0.662. The van der Waals surface area contributed by atoms with Crippen molar-refractivity contribution in [1.82, 2.24) is 15.5 Å². The van der Waals surface area contributed by atoms with Crippen molar-refractivity contribution in [3.63, 3.8) is 0 Å². The number of carbonyl (C=O) groups is 2. The molecule has 2 N–H and O–H groups in total. The van der Waals surface area contributed by atoms with Crippen LogP contribution in [-0.2, 0) is 4.79 Å². The molecule has 0 aliphatic heterocycles. The van der Waals surface area contributed by atoms with Crippen molar-refractivity contribution in [2.24, 2.45) is 0 Å². The number of nitrogens with zero attached hydrogens (tertiary/aromatic N) is 1. The molecule has 122 valence electrons. The van der Waals surface area contributed by atoms with Gasteiger partial charge in [0.05, 0.1) is 0 Å². The number of likely N-dealkylation sites (N-methyl/N-ethyl adjacent to an activating group) is 1. The van der Waals surface area contributed by atoms with E-state index in [2.05, 4.69) is 10.6 Å². The highest BCUT2D eigenvalue weighted by Gasteiger charge is 2.26. The highest BCUT2D eigenvalue weighted by Crippen LogP contribution is 2.15. The van der Waals surface area contributed by atoms with Gasteiger partial charge in [-0.3, -0.25) is 4.79 Å². The van der Waals surface area contributed by atoms with Gasteiger partial charge in [0.25, 0.3) is 0 Å². The van der Waals surface area contributed by atoms with Crippen LogP contribution in [0, 0.1) is 0 Å². The van der Waals surface area contributed by atoms with Crippen LogP contribution in [0.25, 0.3) is 0 Å². The Morgan fingerprint density at radius 1 is 1.05 bits per heavy atom. The molecule has 0 spiro atoms. The number of hydrogen-bond acceptors (Lipinski definition) is 2. The first kappa shape index (κ1) is 18.0. The van der Waals surface area contributed by atoms with Gasteiger partial charge in [0.2, 0.25) is 5.91 Å². The van der Waals surface area contributed by atoms with Gasteiger partial charge in [-0.1, -0.05) is 37.3 Å². The molecule has 1 aromatic rings. The van der Waals surface area contributed by atoms with E-state index in [0.717, 1.165) is 12.0 Å². The second kappa shape index (κ2) is 9.07. The molecule has 5 nitrogen and oxygen atoms in total. The van der Waals surface area contributed by atoms with Crippen LogP contribution in [0.15, 0.2) is 30.3 Å². The minimum Gasteiger partial charge on any atom is -0.341 e. The fraction of sp³-hybridized carbons (Fsp3) is 0.529. The van der Waals surface area contributed by atoms with Crippen molar-refractivity contribution in [3.8, 4) is 0 Å². The van der Waals surface area contributed by atoms with E-state index in [0.29, 0.717) is 13.1 Å². The predicted molar refractivity (Wildman–Crippen MR) is 88.5 cm³/mol. The largest absolute Gasteiger partial charge is 0.341 e. The van der Waals surface area contributed by atoms with Gasteiger partial charge in [-0.15, -0.1) is 0 Å². The summed E-state index contributed by atoms with van der Waals surface area (Å²) in [6.07, 6.45) is 0.841. The van der Waals surface area contributed by atoms with Crippen molar-refractivity contribution >= 4 is 11.9 Å². The molecule has 0 fully saturated rings. The van der Waals surface area contributed by atoms with Crippen molar-refractivity contribution in [2.45, 2.75) is 46.2 Å². The Morgan fingerprint density at radius 2 is 1.64 bits per heavy atom. The van der Waals surface area contributed by atoms with Gasteiger partial charge < -0.3 is 15.5 Å². The molecule has 0 aliphatic carbocycles. The maximum Gasteiger partial charge on any atom is 0.315 e. The quantitative estimate of drug-likeness (QED) is 0.813. The first-order valence-corrected chi connectivity index (χ1v) is 7.94. The number of benzene rings is 1. The summed E-state index contributed by atoms with van der Waals surface area (Å²) in [7, 11) is 0. The van der Waals surface area contributed by atoms with Gasteiger partial charge in [-0.05, 0) is 32.8 Å². The molecule has 3 amide bonds. The average molecular weight is 305 g/mol. The fourth-order valence-electron chi connectivity index (χ4n) is 2.15. The van der Waals surface area contributed by atoms with Crippen molar-refractivity contribution in [3.05, 3.63) is 35.9 Å². The van der Waals surface area contributed by atoms with E-state index in [1.807, 2.05) is 58.0 Å². The molecule has 0 saturated heterocycles. The normalized spacial score (nSPS) is 13.1. The van der Waals surface area contributed by atoms with Crippen LogP contribution in [-0.4, -0.2) is 36.0 Å². The van der Waals surface area contributed by atoms with Gasteiger partial charge in [0.1, 0.15) is 6.04 Å². The SMILES string of the molecule is CCC(C)NC(=O)NC(C(=O)N(CC)CC)c1ccccc1. The number of urea groups is 1. The van der Waals surface area contributed by atoms with Gasteiger partial charge in [0.15, 0.2) is 0 Å². The average Bonchev–Trinajstić information content (AvgIpc) is 2.54. The van der Waals surface area contributed by atoms with E-state index in [4.69, 9.17) is 0 Å². The molecule has 0 heterocycles. The summed E-state index contributed by atoms with van der Waals surface area (Å²) in [4.78, 5) is 26.5. The van der Waals surface area contributed by atoms with Gasteiger partial charge in [0, 0.05) is 19.1 Å². The Kier molecular flexibility index (Phi) is 7.43. The third kappa shape index (κ3) is 5.06. The van der Waals surface area contributed by atoms with Crippen molar-refractivity contribution in [1.29, 1.82) is 0 Å². The highest BCUT2D eigenvalue weighted by atomic mass is 16.2. The van der Waals surface area contributed by atoms with Crippen molar-refractivity contribution in [2.75, 3.05) is 13.1 Å². The lowest BCUT2D eigenvalue weighted by atomic mass is 10.1. The summed E-state index contributed by atoms with van der Waals surface area (Å²) in [5, 5.41) is 5.64. The molecular formula is C17H27N3O2. The van der Waals surface area contributed by atoms with E-state index >= 15 is 0 Å². The van der Waals surface area contributed by atoms with E-state index < -0.39 is 6.04 Å². The topological polar surface area (TPSA) is 61.4 Å².